The van der Waals surface area contributed by atoms with Crippen molar-refractivity contribution >= 4 is 16.7 Å². The fourth-order valence-corrected chi connectivity index (χ4v) is 2.09. The van der Waals surface area contributed by atoms with Gasteiger partial charge >= 0.3 is 0 Å². The third kappa shape index (κ3) is 2.74. The molecule has 0 aliphatic carbocycles. The molecule has 4 heteroatoms. The Bertz CT molecular complexity index is 577. The lowest BCUT2D eigenvalue weighted by Gasteiger charge is -2.24. The van der Waals surface area contributed by atoms with E-state index >= 15 is 0 Å². The largest absolute Gasteiger partial charge is 0.338 e. The first-order chi connectivity index (χ1) is 9.15. The maximum absolute atomic E-state index is 12.5. The first kappa shape index (κ1) is 13.5. The number of pyridine rings is 1. The Morgan fingerprint density at radius 1 is 1.37 bits per heavy atom. The highest BCUT2D eigenvalue weighted by atomic mass is 16.2. The molecule has 1 atom stereocenters. The average molecular weight is 257 g/mol. The number of benzene rings is 1. The van der Waals surface area contributed by atoms with Gasteiger partial charge in [-0.1, -0.05) is 24.3 Å². The monoisotopic (exact) mass is 257 g/mol. The molecule has 2 N–H and O–H groups in total. The molecule has 1 aromatic heterocycles. The topological polar surface area (TPSA) is 59.2 Å². The summed E-state index contributed by atoms with van der Waals surface area (Å²) in [6.07, 6.45) is 2.46. The zero-order chi connectivity index (χ0) is 13.8. The van der Waals surface area contributed by atoms with Crippen molar-refractivity contribution in [2.45, 2.75) is 19.4 Å². The molecule has 2 aromatic rings. The van der Waals surface area contributed by atoms with Crippen LogP contribution in [-0.2, 0) is 0 Å². The Balaban J connectivity index is 2.36. The van der Waals surface area contributed by atoms with E-state index in [2.05, 4.69) is 4.98 Å². The first-order valence-electron chi connectivity index (χ1n) is 6.46. The molecule has 1 aromatic carbocycles. The van der Waals surface area contributed by atoms with Crippen LogP contribution in [-0.4, -0.2) is 35.4 Å². The number of hydrogen-bond acceptors (Lipinski definition) is 3. The van der Waals surface area contributed by atoms with Gasteiger partial charge in [-0.2, -0.15) is 0 Å². The van der Waals surface area contributed by atoms with Gasteiger partial charge < -0.3 is 10.6 Å². The number of nitrogens with zero attached hydrogens (tertiary/aromatic N) is 2. The molecular weight excluding hydrogens is 238 g/mol. The summed E-state index contributed by atoms with van der Waals surface area (Å²) >= 11 is 0. The third-order valence-corrected chi connectivity index (χ3v) is 3.44. The molecule has 0 aliphatic heterocycles. The second kappa shape index (κ2) is 5.80. The van der Waals surface area contributed by atoms with Crippen LogP contribution >= 0.6 is 0 Å². The van der Waals surface area contributed by atoms with Crippen molar-refractivity contribution in [1.29, 1.82) is 0 Å². The van der Waals surface area contributed by atoms with Crippen LogP contribution in [0.15, 0.2) is 36.5 Å². The molecule has 0 aliphatic rings. The summed E-state index contributed by atoms with van der Waals surface area (Å²) in [5.41, 5.74) is 6.05. The van der Waals surface area contributed by atoms with E-state index in [4.69, 9.17) is 5.73 Å². The molecular formula is C15H19N3O. The molecule has 1 heterocycles. The molecule has 4 nitrogen and oxygen atoms in total. The highest BCUT2D eigenvalue weighted by Crippen LogP contribution is 2.18. The minimum absolute atomic E-state index is 0.0576. The van der Waals surface area contributed by atoms with Gasteiger partial charge in [-0.3, -0.25) is 9.78 Å². The van der Waals surface area contributed by atoms with E-state index in [0.717, 1.165) is 17.2 Å². The summed E-state index contributed by atoms with van der Waals surface area (Å²) in [6.45, 7) is 2.57. The second-order valence-electron chi connectivity index (χ2n) is 4.72. The van der Waals surface area contributed by atoms with Crippen LogP contribution in [0.1, 0.15) is 23.8 Å². The Labute approximate surface area is 113 Å². The smallest absolute Gasteiger partial charge is 0.273 e. The summed E-state index contributed by atoms with van der Waals surface area (Å²) in [5, 5.41) is 1.92. The number of nitrogens with two attached hydrogens (primary N) is 1. The van der Waals surface area contributed by atoms with Crippen LogP contribution in [0.2, 0.25) is 0 Å². The van der Waals surface area contributed by atoms with Gasteiger partial charge in [0.15, 0.2) is 0 Å². The van der Waals surface area contributed by atoms with Crippen molar-refractivity contribution in [3.63, 3.8) is 0 Å². The SMILES string of the molecule is CC(CCN)N(C)C(=O)c1nccc2ccccc12. The lowest BCUT2D eigenvalue weighted by Crippen LogP contribution is -2.36. The van der Waals surface area contributed by atoms with Gasteiger partial charge in [0.05, 0.1) is 0 Å². The predicted molar refractivity (Wildman–Crippen MR) is 77.0 cm³/mol. The van der Waals surface area contributed by atoms with Crippen LogP contribution in [0.4, 0.5) is 0 Å². The molecule has 0 radical (unpaired) electrons. The van der Waals surface area contributed by atoms with E-state index in [0.29, 0.717) is 12.2 Å². The van der Waals surface area contributed by atoms with E-state index in [1.807, 2.05) is 37.3 Å². The molecule has 1 amide bonds. The Morgan fingerprint density at radius 3 is 2.84 bits per heavy atom. The van der Waals surface area contributed by atoms with Crippen molar-refractivity contribution in [3.8, 4) is 0 Å². The molecule has 0 bridgehead atoms. The average Bonchev–Trinajstić information content (AvgIpc) is 2.45. The number of rotatable bonds is 4. The van der Waals surface area contributed by atoms with Gasteiger partial charge in [0.1, 0.15) is 5.69 Å². The third-order valence-electron chi connectivity index (χ3n) is 3.44. The molecule has 0 spiro atoms. The number of aromatic nitrogens is 1. The van der Waals surface area contributed by atoms with Crippen LogP contribution < -0.4 is 5.73 Å². The maximum atomic E-state index is 12.5. The minimum atomic E-state index is -0.0576. The highest BCUT2D eigenvalue weighted by Gasteiger charge is 2.19. The molecule has 0 fully saturated rings. The minimum Gasteiger partial charge on any atom is -0.338 e. The Hall–Kier alpha value is -1.94. The van der Waals surface area contributed by atoms with Crippen molar-refractivity contribution in [2.24, 2.45) is 5.73 Å². The van der Waals surface area contributed by atoms with Crippen LogP contribution in [0.3, 0.4) is 0 Å². The molecule has 19 heavy (non-hydrogen) atoms. The summed E-state index contributed by atoms with van der Waals surface area (Å²) in [4.78, 5) is 18.5. The molecule has 100 valence electrons. The van der Waals surface area contributed by atoms with Crippen molar-refractivity contribution < 1.29 is 4.79 Å². The van der Waals surface area contributed by atoms with Crippen LogP contribution in [0.5, 0.6) is 0 Å². The highest BCUT2D eigenvalue weighted by molar-refractivity contribution is 6.05. The van der Waals surface area contributed by atoms with E-state index in [1.165, 1.54) is 0 Å². The van der Waals surface area contributed by atoms with E-state index in [-0.39, 0.29) is 11.9 Å². The quantitative estimate of drug-likeness (QED) is 0.912. The number of amides is 1. The maximum Gasteiger partial charge on any atom is 0.273 e. The number of carbonyl (C=O) groups excluding carboxylic acids is 1. The standard InChI is InChI=1S/C15H19N3O/c1-11(7-9-16)18(2)15(19)14-13-6-4-3-5-12(13)8-10-17-14/h3-6,8,10-11H,7,9,16H2,1-2H3. The lowest BCUT2D eigenvalue weighted by molar-refractivity contribution is 0.0735. The zero-order valence-corrected chi connectivity index (χ0v) is 11.3. The normalized spacial score (nSPS) is 12.4. The molecule has 0 saturated heterocycles. The number of fused-ring (bicyclic) bond motifs is 1. The summed E-state index contributed by atoms with van der Waals surface area (Å²) in [6, 6.07) is 9.81. The van der Waals surface area contributed by atoms with Crippen molar-refractivity contribution in [3.05, 3.63) is 42.2 Å². The van der Waals surface area contributed by atoms with Gasteiger partial charge in [-0.15, -0.1) is 0 Å². The predicted octanol–water partition coefficient (Wildman–Crippen LogP) is 2.04. The van der Waals surface area contributed by atoms with E-state index in [9.17, 15) is 4.79 Å². The van der Waals surface area contributed by atoms with Gasteiger partial charge in [0, 0.05) is 24.7 Å². The summed E-state index contributed by atoms with van der Waals surface area (Å²) < 4.78 is 0. The van der Waals surface area contributed by atoms with E-state index < -0.39 is 0 Å². The fraction of sp³-hybridized carbons (Fsp3) is 0.333. The van der Waals surface area contributed by atoms with Crippen molar-refractivity contribution in [2.75, 3.05) is 13.6 Å². The molecule has 0 saturated carbocycles. The first-order valence-corrected chi connectivity index (χ1v) is 6.46. The zero-order valence-electron chi connectivity index (χ0n) is 11.3. The van der Waals surface area contributed by atoms with E-state index in [1.54, 1.807) is 18.1 Å². The van der Waals surface area contributed by atoms with Gasteiger partial charge in [-0.05, 0) is 31.3 Å². The van der Waals surface area contributed by atoms with Gasteiger partial charge in [0.2, 0.25) is 0 Å². The summed E-state index contributed by atoms with van der Waals surface area (Å²) in [7, 11) is 1.80. The Kier molecular flexibility index (Phi) is 4.12. The second-order valence-corrected chi connectivity index (χ2v) is 4.72. The lowest BCUT2D eigenvalue weighted by atomic mass is 10.1. The van der Waals surface area contributed by atoms with Crippen LogP contribution in [0, 0.1) is 0 Å². The van der Waals surface area contributed by atoms with Gasteiger partial charge in [0.25, 0.3) is 5.91 Å². The summed E-state index contributed by atoms with van der Waals surface area (Å²) in [5.74, 6) is -0.0576. The number of hydrogen-bond donors (Lipinski definition) is 1. The van der Waals surface area contributed by atoms with Crippen molar-refractivity contribution in [1.82, 2.24) is 9.88 Å². The molecule has 1 unspecified atom stereocenters. The van der Waals surface area contributed by atoms with Gasteiger partial charge in [-0.25, -0.2) is 0 Å². The number of carbonyl (C=O) groups is 1. The Morgan fingerprint density at radius 2 is 2.11 bits per heavy atom. The fourth-order valence-electron chi connectivity index (χ4n) is 2.09. The van der Waals surface area contributed by atoms with Crippen LogP contribution in [0.25, 0.3) is 10.8 Å². The molecule has 2 rings (SSSR count).